The van der Waals surface area contributed by atoms with Crippen molar-refractivity contribution in [3.8, 4) is 22.9 Å². The normalized spacial score (nSPS) is 12.9. The fourth-order valence-corrected chi connectivity index (χ4v) is 6.69. The van der Waals surface area contributed by atoms with Crippen LogP contribution in [0.2, 0.25) is 0 Å². The monoisotopic (exact) mass is 564 g/mol. The largest absolute Gasteiger partial charge is 0.496 e. The van der Waals surface area contributed by atoms with E-state index in [0.29, 0.717) is 39.0 Å². The number of para-hydroxylation sites is 1. The number of aryl methyl sites for hydroxylation is 2. The highest BCUT2D eigenvalue weighted by Gasteiger charge is 2.23. The van der Waals surface area contributed by atoms with Crippen LogP contribution in [0.3, 0.4) is 0 Å². The average Bonchev–Trinajstić information content (AvgIpc) is 3.35. The van der Waals surface area contributed by atoms with E-state index < -0.39 is 0 Å². The SMILES string of the molecule is COc1cc(OC)c(OC)cc1/C=N\NC(=O)CSc1nc2sc3c(c2c(=O)n1-c1ccccc1)CCCC3. The van der Waals surface area contributed by atoms with Crippen molar-refractivity contribution in [1.29, 1.82) is 0 Å². The molecule has 0 radical (unpaired) electrons. The maximum absolute atomic E-state index is 13.8. The Kier molecular flexibility index (Phi) is 8.18. The molecule has 1 aliphatic rings. The molecule has 1 aliphatic carbocycles. The van der Waals surface area contributed by atoms with E-state index in [0.717, 1.165) is 36.1 Å². The highest BCUT2D eigenvalue weighted by Crippen LogP contribution is 2.36. The van der Waals surface area contributed by atoms with Crippen molar-refractivity contribution < 1.29 is 19.0 Å². The van der Waals surface area contributed by atoms with Crippen LogP contribution in [0.15, 0.2) is 57.5 Å². The smallest absolute Gasteiger partial charge is 0.267 e. The van der Waals surface area contributed by atoms with Gasteiger partial charge in [0, 0.05) is 16.5 Å². The Balaban J connectivity index is 1.38. The van der Waals surface area contributed by atoms with Gasteiger partial charge in [0.1, 0.15) is 10.6 Å². The van der Waals surface area contributed by atoms with Crippen molar-refractivity contribution >= 4 is 45.4 Å². The zero-order valence-electron chi connectivity index (χ0n) is 21.9. The van der Waals surface area contributed by atoms with Gasteiger partial charge in [-0.05, 0) is 49.4 Å². The minimum atomic E-state index is -0.338. The summed E-state index contributed by atoms with van der Waals surface area (Å²) in [4.78, 5) is 33.3. The molecule has 202 valence electrons. The molecule has 39 heavy (non-hydrogen) atoms. The molecule has 0 aliphatic heterocycles. The van der Waals surface area contributed by atoms with Crippen molar-refractivity contribution in [3.05, 3.63) is 68.8 Å². The molecule has 2 aromatic carbocycles. The van der Waals surface area contributed by atoms with Gasteiger partial charge < -0.3 is 14.2 Å². The van der Waals surface area contributed by atoms with Gasteiger partial charge >= 0.3 is 0 Å². The molecule has 1 N–H and O–H groups in total. The van der Waals surface area contributed by atoms with Gasteiger partial charge in [0.15, 0.2) is 16.7 Å². The molecule has 0 spiro atoms. The second-order valence-corrected chi connectivity index (χ2v) is 10.8. The third kappa shape index (κ3) is 5.50. The van der Waals surface area contributed by atoms with E-state index in [4.69, 9.17) is 19.2 Å². The van der Waals surface area contributed by atoms with Crippen molar-refractivity contribution in [2.24, 2.45) is 5.10 Å². The number of hydrogen-bond donors (Lipinski definition) is 1. The number of nitrogens with one attached hydrogen (secondary N) is 1. The number of methoxy groups -OCH3 is 3. The Morgan fingerprint density at radius 1 is 1.08 bits per heavy atom. The molecule has 11 heteroatoms. The fraction of sp³-hybridized carbons (Fsp3) is 0.286. The highest BCUT2D eigenvalue weighted by molar-refractivity contribution is 7.99. The van der Waals surface area contributed by atoms with Gasteiger partial charge in [-0.25, -0.2) is 10.4 Å². The Morgan fingerprint density at radius 3 is 2.54 bits per heavy atom. The van der Waals surface area contributed by atoms with E-state index in [2.05, 4.69) is 10.5 Å². The zero-order chi connectivity index (χ0) is 27.4. The molecule has 2 heterocycles. The number of amides is 1. The highest BCUT2D eigenvalue weighted by atomic mass is 32.2. The van der Waals surface area contributed by atoms with Gasteiger partial charge in [-0.2, -0.15) is 5.10 Å². The number of nitrogens with zero attached hydrogens (tertiary/aromatic N) is 3. The number of benzene rings is 2. The number of aromatic nitrogens is 2. The second-order valence-electron chi connectivity index (χ2n) is 8.79. The average molecular weight is 565 g/mol. The lowest BCUT2D eigenvalue weighted by Gasteiger charge is -2.13. The minimum Gasteiger partial charge on any atom is -0.496 e. The maximum Gasteiger partial charge on any atom is 0.267 e. The quantitative estimate of drug-likeness (QED) is 0.137. The lowest BCUT2D eigenvalue weighted by molar-refractivity contribution is -0.118. The number of thioether (sulfide) groups is 1. The first kappa shape index (κ1) is 26.8. The van der Waals surface area contributed by atoms with Crippen molar-refractivity contribution in [3.63, 3.8) is 0 Å². The number of hydrogen-bond acceptors (Lipinski definition) is 9. The molecular formula is C28H28N4O5S2. The number of carbonyl (C=O) groups excluding carboxylic acids is 1. The van der Waals surface area contributed by atoms with E-state index in [9.17, 15) is 9.59 Å². The van der Waals surface area contributed by atoms with Crippen LogP contribution in [0.1, 0.15) is 28.8 Å². The molecule has 0 unspecified atom stereocenters. The number of carbonyl (C=O) groups is 1. The number of fused-ring (bicyclic) bond motifs is 3. The number of hydrazone groups is 1. The first-order chi connectivity index (χ1) is 19.0. The molecule has 0 bridgehead atoms. The van der Waals surface area contributed by atoms with Crippen LogP contribution in [0.4, 0.5) is 0 Å². The fourth-order valence-electron chi connectivity index (χ4n) is 4.58. The molecule has 5 rings (SSSR count). The Labute approximate surface area is 233 Å². The Morgan fingerprint density at radius 2 is 1.79 bits per heavy atom. The Hall–Kier alpha value is -3.83. The zero-order valence-corrected chi connectivity index (χ0v) is 23.5. The van der Waals surface area contributed by atoms with E-state index in [-0.39, 0.29) is 17.2 Å². The maximum atomic E-state index is 13.8. The van der Waals surface area contributed by atoms with Crippen LogP contribution in [-0.2, 0) is 17.6 Å². The van der Waals surface area contributed by atoms with Crippen molar-refractivity contribution in [1.82, 2.24) is 15.0 Å². The standard InChI is InChI=1S/C28H28N4O5S2/c1-35-20-14-22(37-3)21(36-2)13-17(20)15-29-31-24(33)16-38-28-30-26-25(19-11-7-8-12-23(19)39-26)27(34)32(28)18-9-5-4-6-10-18/h4-6,9-10,13-15H,7-8,11-12,16H2,1-3H3,(H,31,33)/b29-15-. The van der Waals surface area contributed by atoms with Crippen LogP contribution in [0, 0.1) is 0 Å². The van der Waals surface area contributed by atoms with E-state index in [1.54, 1.807) is 35.1 Å². The van der Waals surface area contributed by atoms with Gasteiger partial charge in [-0.15, -0.1) is 11.3 Å². The number of ether oxygens (including phenoxy) is 3. The predicted molar refractivity (Wildman–Crippen MR) is 154 cm³/mol. The molecule has 4 aromatic rings. The minimum absolute atomic E-state index is 0.0241. The van der Waals surface area contributed by atoms with E-state index in [1.807, 2.05) is 30.3 Å². The summed E-state index contributed by atoms with van der Waals surface area (Å²) in [6.45, 7) is 0. The summed E-state index contributed by atoms with van der Waals surface area (Å²) in [5, 5.41) is 5.26. The van der Waals surface area contributed by atoms with Gasteiger partial charge in [0.25, 0.3) is 11.5 Å². The van der Waals surface area contributed by atoms with Crippen molar-refractivity contribution in [2.45, 2.75) is 30.8 Å². The number of thiophene rings is 1. The third-order valence-corrected chi connectivity index (χ3v) is 8.56. The summed E-state index contributed by atoms with van der Waals surface area (Å²) in [6.07, 6.45) is 5.57. The molecule has 9 nitrogen and oxygen atoms in total. The lowest BCUT2D eigenvalue weighted by Crippen LogP contribution is -2.24. The summed E-state index contributed by atoms with van der Waals surface area (Å²) >= 11 is 2.80. The summed E-state index contributed by atoms with van der Waals surface area (Å²) in [6, 6.07) is 12.8. The van der Waals surface area contributed by atoms with Gasteiger partial charge in [-0.1, -0.05) is 30.0 Å². The van der Waals surface area contributed by atoms with Gasteiger partial charge in [-0.3, -0.25) is 14.2 Å². The summed E-state index contributed by atoms with van der Waals surface area (Å²) in [5.74, 6) is 1.24. The van der Waals surface area contributed by atoms with E-state index >= 15 is 0 Å². The topological polar surface area (TPSA) is 104 Å². The van der Waals surface area contributed by atoms with Crippen LogP contribution in [0.5, 0.6) is 17.2 Å². The van der Waals surface area contributed by atoms with Crippen LogP contribution >= 0.6 is 23.1 Å². The summed E-state index contributed by atoms with van der Waals surface area (Å²) in [5.41, 5.74) is 4.91. The molecular weight excluding hydrogens is 536 g/mol. The van der Waals surface area contributed by atoms with Crippen LogP contribution in [0.25, 0.3) is 15.9 Å². The van der Waals surface area contributed by atoms with E-state index in [1.165, 1.54) is 37.1 Å². The van der Waals surface area contributed by atoms with Crippen LogP contribution in [-0.4, -0.2) is 48.8 Å². The van der Waals surface area contributed by atoms with Gasteiger partial charge in [0.2, 0.25) is 0 Å². The van der Waals surface area contributed by atoms with Crippen LogP contribution < -0.4 is 25.2 Å². The third-order valence-electron chi connectivity index (χ3n) is 6.43. The summed E-state index contributed by atoms with van der Waals surface area (Å²) < 4.78 is 17.6. The first-order valence-corrected chi connectivity index (χ1v) is 14.2. The molecule has 1 amide bonds. The first-order valence-electron chi connectivity index (χ1n) is 12.4. The van der Waals surface area contributed by atoms with Gasteiger partial charge in [0.05, 0.1) is 44.4 Å². The number of rotatable bonds is 9. The second kappa shape index (κ2) is 11.9. The van der Waals surface area contributed by atoms with Crippen molar-refractivity contribution in [2.75, 3.05) is 27.1 Å². The molecule has 0 fully saturated rings. The molecule has 0 saturated carbocycles. The lowest BCUT2D eigenvalue weighted by atomic mass is 9.97. The Bertz CT molecular complexity index is 1600. The molecule has 0 saturated heterocycles. The molecule has 0 atom stereocenters. The summed E-state index contributed by atoms with van der Waals surface area (Å²) in [7, 11) is 4.61. The molecule has 2 aromatic heterocycles. The predicted octanol–water partition coefficient (Wildman–Crippen LogP) is 4.59.